The number of nitrogens with zero attached hydrogens (tertiary/aromatic N) is 4. The van der Waals surface area contributed by atoms with Gasteiger partial charge in [-0.25, -0.2) is 4.98 Å². The predicted molar refractivity (Wildman–Crippen MR) is 91.5 cm³/mol. The summed E-state index contributed by atoms with van der Waals surface area (Å²) in [4.78, 5) is 27.1. The maximum absolute atomic E-state index is 12.4. The summed E-state index contributed by atoms with van der Waals surface area (Å²) >= 11 is 0. The van der Waals surface area contributed by atoms with Crippen LogP contribution in [-0.2, 0) is 6.54 Å². The highest BCUT2D eigenvalue weighted by Gasteiger charge is 2.18. The molecular weight excluding hydrogens is 322 g/mol. The first-order valence-electron chi connectivity index (χ1n) is 7.59. The molecule has 0 aliphatic rings. The molecule has 0 radical (unpaired) electrons. The van der Waals surface area contributed by atoms with E-state index in [2.05, 4.69) is 15.4 Å². The number of carbonyl (C=O) groups is 1. The maximum atomic E-state index is 12.4. The van der Waals surface area contributed by atoms with Crippen LogP contribution in [0.25, 0.3) is 0 Å². The van der Waals surface area contributed by atoms with Crippen LogP contribution in [0.15, 0.2) is 61.2 Å². The van der Waals surface area contributed by atoms with E-state index in [-0.39, 0.29) is 17.0 Å². The summed E-state index contributed by atoms with van der Waals surface area (Å²) < 4.78 is 1.62. The van der Waals surface area contributed by atoms with E-state index in [0.717, 1.165) is 0 Å². The van der Waals surface area contributed by atoms with Crippen LogP contribution in [0.3, 0.4) is 0 Å². The minimum absolute atomic E-state index is 0.139. The zero-order valence-electron chi connectivity index (χ0n) is 13.2. The van der Waals surface area contributed by atoms with Gasteiger partial charge < -0.3 is 5.32 Å². The number of aromatic nitrogens is 3. The summed E-state index contributed by atoms with van der Waals surface area (Å²) in [7, 11) is 0. The Morgan fingerprint density at radius 1 is 1.16 bits per heavy atom. The second kappa shape index (κ2) is 7.35. The molecule has 0 aliphatic heterocycles. The number of ketones is 1. The molecule has 0 bridgehead atoms. The Morgan fingerprint density at radius 2 is 1.96 bits per heavy atom. The van der Waals surface area contributed by atoms with Crippen LogP contribution in [-0.4, -0.2) is 32.0 Å². The zero-order valence-corrected chi connectivity index (χ0v) is 13.2. The molecule has 1 aromatic heterocycles. The number of carbonyl (C=O) groups excluding carboxylic acids is 1. The van der Waals surface area contributed by atoms with Crippen molar-refractivity contribution in [3.63, 3.8) is 0 Å². The van der Waals surface area contributed by atoms with Crippen molar-refractivity contribution in [1.29, 1.82) is 0 Å². The Kier molecular flexibility index (Phi) is 4.79. The van der Waals surface area contributed by atoms with Crippen molar-refractivity contribution in [2.24, 2.45) is 0 Å². The van der Waals surface area contributed by atoms with Crippen LogP contribution in [0.2, 0.25) is 0 Å². The fraction of sp³-hybridized carbons (Fsp3) is 0.118. The lowest BCUT2D eigenvalue weighted by Crippen LogP contribution is -2.12. The highest BCUT2D eigenvalue weighted by molar-refractivity contribution is 6.09. The van der Waals surface area contributed by atoms with Crippen LogP contribution < -0.4 is 5.32 Å². The van der Waals surface area contributed by atoms with Gasteiger partial charge in [-0.2, -0.15) is 5.10 Å². The van der Waals surface area contributed by atoms with Crippen LogP contribution in [0.5, 0.6) is 0 Å². The van der Waals surface area contributed by atoms with Crippen molar-refractivity contribution in [2.75, 3.05) is 11.9 Å². The molecule has 3 aromatic rings. The van der Waals surface area contributed by atoms with Gasteiger partial charge in [-0.3, -0.25) is 19.6 Å². The Balaban J connectivity index is 1.78. The third-order valence-corrected chi connectivity index (χ3v) is 3.62. The molecule has 8 heteroatoms. The summed E-state index contributed by atoms with van der Waals surface area (Å²) in [5.74, 6) is -0.252. The van der Waals surface area contributed by atoms with Gasteiger partial charge in [-0.15, -0.1) is 0 Å². The van der Waals surface area contributed by atoms with Gasteiger partial charge in [0.05, 0.1) is 11.5 Å². The van der Waals surface area contributed by atoms with Gasteiger partial charge in [-0.1, -0.05) is 30.3 Å². The summed E-state index contributed by atoms with van der Waals surface area (Å²) in [6.07, 6.45) is 2.99. The monoisotopic (exact) mass is 337 g/mol. The van der Waals surface area contributed by atoms with E-state index < -0.39 is 4.92 Å². The van der Waals surface area contributed by atoms with E-state index in [4.69, 9.17) is 0 Å². The highest BCUT2D eigenvalue weighted by atomic mass is 16.6. The summed E-state index contributed by atoms with van der Waals surface area (Å²) in [5.41, 5.74) is 0.985. The van der Waals surface area contributed by atoms with Gasteiger partial charge in [0.1, 0.15) is 18.3 Å². The minimum atomic E-state index is -0.500. The van der Waals surface area contributed by atoms with Gasteiger partial charge in [0, 0.05) is 23.7 Å². The molecule has 3 rings (SSSR count). The summed E-state index contributed by atoms with van der Waals surface area (Å²) in [6.45, 7) is 0.956. The Morgan fingerprint density at radius 3 is 2.64 bits per heavy atom. The van der Waals surface area contributed by atoms with Gasteiger partial charge in [0.2, 0.25) is 0 Å². The molecule has 0 amide bonds. The highest BCUT2D eigenvalue weighted by Crippen LogP contribution is 2.26. The molecule has 0 aliphatic carbocycles. The number of nitrogens with one attached hydrogen (secondary N) is 1. The average Bonchev–Trinajstić information content (AvgIpc) is 3.15. The normalized spacial score (nSPS) is 10.4. The lowest BCUT2D eigenvalue weighted by atomic mass is 10.0. The third-order valence-electron chi connectivity index (χ3n) is 3.62. The zero-order chi connectivity index (χ0) is 17.6. The average molecular weight is 337 g/mol. The van der Waals surface area contributed by atoms with Crippen molar-refractivity contribution in [3.05, 3.63) is 82.4 Å². The van der Waals surface area contributed by atoms with Crippen LogP contribution >= 0.6 is 0 Å². The number of benzene rings is 2. The number of nitro groups is 1. The number of hydrogen-bond acceptors (Lipinski definition) is 6. The summed E-state index contributed by atoms with van der Waals surface area (Å²) in [6, 6.07) is 13.1. The molecule has 0 unspecified atom stereocenters. The molecule has 0 saturated heterocycles. The molecule has 1 N–H and O–H groups in total. The van der Waals surface area contributed by atoms with Gasteiger partial charge in [0.25, 0.3) is 5.69 Å². The molecule has 1 heterocycles. The van der Waals surface area contributed by atoms with Crippen LogP contribution in [0.1, 0.15) is 15.9 Å². The van der Waals surface area contributed by atoms with E-state index in [1.807, 2.05) is 0 Å². The van der Waals surface area contributed by atoms with E-state index in [0.29, 0.717) is 24.3 Å². The molecule has 8 nitrogen and oxygen atoms in total. The summed E-state index contributed by atoms with van der Waals surface area (Å²) in [5, 5.41) is 18.3. The first kappa shape index (κ1) is 16.3. The topological polar surface area (TPSA) is 103 Å². The molecule has 25 heavy (non-hydrogen) atoms. The second-order valence-corrected chi connectivity index (χ2v) is 5.27. The predicted octanol–water partition coefficient (Wildman–Crippen LogP) is 2.53. The number of nitro benzene ring substituents is 1. The van der Waals surface area contributed by atoms with Gasteiger partial charge in [-0.05, 0) is 12.1 Å². The first-order valence-corrected chi connectivity index (χ1v) is 7.59. The largest absolute Gasteiger partial charge is 0.378 e. The van der Waals surface area contributed by atoms with Crippen LogP contribution in [0, 0.1) is 10.1 Å². The number of anilines is 1. The second-order valence-electron chi connectivity index (χ2n) is 5.27. The molecule has 0 fully saturated rings. The van der Waals surface area contributed by atoms with Gasteiger partial charge >= 0.3 is 0 Å². The van der Waals surface area contributed by atoms with Crippen LogP contribution in [0.4, 0.5) is 11.4 Å². The van der Waals surface area contributed by atoms with Crippen molar-refractivity contribution in [2.45, 2.75) is 6.54 Å². The van der Waals surface area contributed by atoms with Crippen molar-refractivity contribution >= 4 is 17.2 Å². The lowest BCUT2D eigenvalue weighted by molar-refractivity contribution is -0.384. The fourth-order valence-corrected chi connectivity index (χ4v) is 2.38. The lowest BCUT2D eigenvalue weighted by Gasteiger charge is -2.08. The molecule has 0 atom stereocenters. The Labute approximate surface area is 143 Å². The molecule has 2 aromatic carbocycles. The van der Waals surface area contributed by atoms with E-state index in [1.165, 1.54) is 12.4 Å². The SMILES string of the molecule is O=C(c1ccccc1)c1ccc(NCCn2cncn2)c([N+](=O)[O-])c1. The molecule has 126 valence electrons. The number of rotatable bonds is 7. The van der Waals surface area contributed by atoms with E-state index in [1.54, 1.807) is 53.5 Å². The van der Waals surface area contributed by atoms with Crippen molar-refractivity contribution < 1.29 is 9.72 Å². The van der Waals surface area contributed by atoms with Crippen molar-refractivity contribution in [3.8, 4) is 0 Å². The third kappa shape index (κ3) is 3.86. The fourth-order valence-electron chi connectivity index (χ4n) is 2.38. The number of hydrogen-bond donors (Lipinski definition) is 1. The molecule has 0 spiro atoms. The van der Waals surface area contributed by atoms with Gasteiger partial charge in [0.15, 0.2) is 5.78 Å². The molecular formula is C17H15N5O3. The van der Waals surface area contributed by atoms with E-state index in [9.17, 15) is 14.9 Å². The standard InChI is InChI=1S/C17H15N5O3/c23-17(13-4-2-1-3-5-13)14-6-7-15(16(10-14)22(24)25)19-8-9-21-12-18-11-20-21/h1-7,10-12,19H,8-9H2. The smallest absolute Gasteiger partial charge is 0.293 e. The quantitative estimate of drug-likeness (QED) is 0.404. The van der Waals surface area contributed by atoms with E-state index >= 15 is 0 Å². The maximum Gasteiger partial charge on any atom is 0.293 e. The Hall–Kier alpha value is -3.55. The Bertz CT molecular complexity index is 879. The van der Waals surface area contributed by atoms with Crippen molar-refractivity contribution in [1.82, 2.24) is 14.8 Å². The molecule has 0 saturated carbocycles. The minimum Gasteiger partial charge on any atom is -0.378 e. The first-order chi connectivity index (χ1) is 12.1.